The summed E-state index contributed by atoms with van der Waals surface area (Å²) < 4.78 is 11.3. The molecule has 1 aliphatic heterocycles. The minimum atomic E-state index is -0.415. The van der Waals surface area contributed by atoms with Crippen molar-refractivity contribution < 1.29 is 14.3 Å². The van der Waals surface area contributed by atoms with E-state index in [1.54, 1.807) is 0 Å². The van der Waals surface area contributed by atoms with Crippen LogP contribution in [0.4, 0.5) is 0 Å². The topological polar surface area (TPSA) is 38.8 Å². The predicted octanol–water partition coefficient (Wildman–Crippen LogP) is 5.09. The first kappa shape index (κ1) is 21.7. The van der Waals surface area contributed by atoms with Crippen LogP contribution in [-0.2, 0) is 16.1 Å². The average molecular weight is 414 g/mol. The number of carbonyl (C=O) groups excluding carboxylic acids is 1. The van der Waals surface area contributed by atoms with E-state index >= 15 is 0 Å². The van der Waals surface area contributed by atoms with E-state index in [-0.39, 0.29) is 5.97 Å². The van der Waals surface area contributed by atoms with Crippen LogP contribution >= 0.6 is 11.8 Å². The molecule has 0 spiro atoms. The van der Waals surface area contributed by atoms with Crippen LogP contribution in [0, 0.1) is 0 Å². The van der Waals surface area contributed by atoms with Crippen molar-refractivity contribution in [1.29, 1.82) is 0 Å². The Hall–Kier alpha value is -1.98. The van der Waals surface area contributed by atoms with Gasteiger partial charge in [0, 0.05) is 30.6 Å². The van der Waals surface area contributed by atoms with Crippen LogP contribution in [0.3, 0.4) is 0 Å². The standard InChI is InChI=1S/C24H31NO3S/c1-24(2,3)28-23(26)13-14-25-15-16-29-22(17-25)20-9-11-21(12-10-20)27-18-19-7-5-4-6-8-19/h4-12,22H,13-18H2,1-3H3. The van der Waals surface area contributed by atoms with Gasteiger partial charge in [-0.05, 0) is 44.0 Å². The molecular weight excluding hydrogens is 382 g/mol. The monoisotopic (exact) mass is 413 g/mol. The van der Waals surface area contributed by atoms with Gasteiger partial charge < -0.3 is 14.4 Å². The SMILES string of the molecule is CC(C)(C)OC(=O)CCN1CCSC(c2ccc(OCc3ccccc3)cc2)C1. The Kier molecular flexibility index (Phi) is 7.62. The maximum absolute atomic E-state index is 12.0. The largest absolute Gasteiger partial charge is 0.489 e. The lowest BCUT2D eigenvalue weighted by Gasteiger charge is -2.32. The summed E-state index contributed by atoms with van der Waals surface area (Å²) in [5.41, 5.74) is 2.06. The number of rotatable bonds is 7. The van der Waals surface area contributed by atoms with Crippen molar-refractivity contribution in [3.8, 4) is 5.75 Å². The van der Waals surface area contributed by atoms with Gasteiger partial charge in [0.1, 0.15) is 18.0 Å². The quantitative estimate of drug-likeness (QED) is 0.592. The van der Waals surface area contributed by atoms with Gasteiger partial charge in [-0.3, -0.25) is 4.79 Å². The first-order valence-electron chi connectivity index (χ1n) is 10.2. The molecule has 0 aromatic heterocycles. The average Bonchev–Trinajstić information content (AvgIpc) is 2.71. The van der Waals surface area contributed by atoms with E-state index in [1.165, 1.54) is 11.1 Å². The number of benzene rings is 2. The summed E-state index contributed by atoms with van der Waals surface area (Å²) in [7, 11) is 0. The molecule has 1 saturated heterocycles. The summed E-state index contributed by atoms with van der Waals surface area (Å²) in [5, 5.41) is 0.422. The van der Waals surface area contributed by atoms with E-state index in [2.05, 4.69) is 41.3 Å². The molecule has 2 aromatic rings. The fourth-order valence-corrected chi connectivity index (χ4v) is 4.58. The second-order valence-corrected chi connectivity index (χ2v) is 9.65. The molecule has 1 aliphatic rings. The minimum absolute atomic E-state index is 0.118. The summed E-state index contributed by atoms with van der Waals surface area (Å²) in [6.45, 7) is 9.03. The van der Waals surface area contributed by atoms with Crippen molar-refractivity contribution in [2.45, 2.75) is 44.6 Å². The Balaban J connectivity index is 1.48. The number of carbonyl (C=O) groups is 1. The fraction of sp³-hybridized carbons (Fsp3) is 0.458. The van der Waals surface area contributed by atoms with Crippen LogP contribution < -0.4 is 4.74 Å². The molecule has 29 heavy (non-hydrogen) atoms. The van der Waals surface area contributed by atoms with E-state index in [1.807, 2.05) is 50.7 Å². The van der Waals surface area contributed by atoms with Gasteiger partial charge in [0.05, 0.1) is 6.42 Å². The van der Waals surface area contributed by atoms with Gasteiger partial charge in [0.15, 0.2) is 0 Å². The van der Waals surface area contributed by atoms with Crippen LogP contribution in [0.2, 0.25) is 0 Å². The number of hydrogen-bond acceptors (Lipinski definition) is 5. The smallest absolute Gasteiger partial charge is 0.307 e. The molecule has 1 fully saturated rings. The van der Waals surface area contributed by atoms with Gasteiger partial charge in [-0.15, -0.1) is 0 Å². The molecule has 2 aromatic carbocycles. The minimum Gasteiger partial charge on any atom is -0.489 e. The van der Waals surface area contributed by atoms with Crippen LogP contribution in [0.5, 0.6) is 5.75 Å². The normalized spacial score (nSPS) is 17.7. The van der Waals surface area contributed by atoms with E-state index < -0.39 is 5.60 Å². The Morgan fingerprint density at radius 2 is 1.83 bits per heavy atom. The molecule has 1 atom stereocenters. The molecule has 0 radical (unpaired) electrons. The third-order valence-corrected chi connectivity index (χ3v) is 5.94. The van der Waals surface area contributed by atoms with Crippen molar-refractivity contribution in [1.82, 2.24) is 4.90 Å². The highest BCUT2D eigenvalue weighted by Gasteiger charge is 2.23. The van der Waals surface area contributed by atoms with Crippen molar-refractivity contribution in [2.24, 2.45) is 0 Å². The number of thioether (sulfide) groups is 1. The van der Waals surface area contributed by atoms with Crippen molar-refractivity contribution in [3.63, 3.8) is 0 Å². The predicted molar refractivity (Wildman–Crippen MR) is 119 cm³/mol. The molecule has 1 unspecified atom stereocenters. The molecule has 0 N–H and O–H groups in total. The van der Waals surface area contributed by atoms with Crippen LogP contribution in [0.1, 0.15) is 43.6 Å². The van der Waals surface area contributed by atoms with Crippen LogP contribution in [0.15, 0.2) is 54.6 Å². The first-order chi connectivity index (χ1) is 13.9. The maximum Gasteiger partial charge on any atom is 0.307 e. The highest BCUT2D eigenvalue weighted by molar-refractivity contribution is 7.99. The molecule has 0 amide bonds. The molecule has 0 saturated carbocycles. The van der Waals surface area contributed by atoms with Crippen LogP contribution in [-0.4, -0.2) is 41.9 Å². The molecule has 0 aliphatic carbocycles. The van der Waals surface area contributed by atoms with Crippen molar-refractivity contribution in [2.75, 3.05) is 25.4 Å². The molecule has 156 valence electrons. The number of hydrogen-bond donors (Lipinski definition) is 0. The number of nitrogens with zero attached hydrogens (tertiary/aromatic N) is 1. The van der Waals surface area contributed by atoms with E-state index in [0.717, 1.165) is 31.1 Å². The lowest BCUT2D eigenvalue weighted by atomic mass is 10.1. The lowest BCUT2D eigenvalue weighted by molar-refractivity contribution is -0.155. The maximum atomic E-state index is 12.0. The van der Waals surface area contributed by atoms with E-state index in [4.69, 9.17) is 9.47 Å². The Bertz CT molecular complexity index is 771. The zero-order valence-corrected chi connectivity index (χ0v) is 18.4. The summed E-state index contributed by atoms with van der Waals surface area (Å²) >= 11 is 1.98. The van der Waals surface area contributed by atoms with E-state index in [9.17, 15) is 4.79 Å². The Morgan fingerprint density at radius 1 is 1.10 bits per heavy atom. The molecule has 5 heteroatoms. The number of ether oxygens (including phenoxy) is 2. The van der Waals surface area contributed by atoms with E-state index in [0.29, 0.717) is 18.3 Å². The molecule has 4 nitrogen and oxygen atoms in total. The second-order valence-electron chi connectivity index (χ2n) is 8.34. The molecule has 3 rings (SSSR count). The molecule has 0 bridgehead atoms. The van der Waals surface area contributed by atoms with Gasteiger partial charge in [0.25, 0.3) is 0 Å². The fourth-order valence-electron chi connectivity index (χ4n) is 3.27. The van der Waals surface area contributed by atoms with Gasteiger partial charge in [0.2, 0.25) is 0 Å². The zero-order valence-electron chi connectivity index (χ0n) is 17.6. The van der Waals surface area contributed by atoms with Crippen molar-refractivity contribution >= 4 is 17.7 Å². The summed E-state index contributed by atoms with van der Waals surface area (Å²) in [6.07, 6.45) is 0.445. The highest BCUT2D eigenvalue weighted by atomic mass is 32.2. The third kappa shape index (κ3) is 7.41. The zero-order chi connectivity index (χ0) is 20.7. The Labute approximate surface area is 178 Å². The van der Waals surface area contributed by atoms with Crippen molar-refractivity contribution in [3.05, 3.63) is 65.7 Å². The Morgan fingerprint density at radius 3 is 2.52 bits per heavy atom. The van der Waals surface area contributed by atoms with Gasteiger partial charge in [-0.2, -0.15) is 11.8 Å². The van der Waals surface area contributed by atoms with Gasteiger partial charge in [-0.1, -0.05) is 42.5 Å². The lowest BCUT2D eigenvalue weighted by Crippen LogP contribution is -2.36. The molecule has 1 heterocycles. The summed E-state index contributed by atoms with van der Waals surface area (Å²) in [4.78, 5) is 14.4. The van der Waals surface area contributed by atoms with Gasteiger partial charge in [-0.25, -0.2) is 0 Å². The third-order valence-electron chi connectivity index (χ3n) is 4.70. The summed E-state index contributed by atoms with van der Waals surface area (Å²) in [6, 6.07) is 18.6. The number of esters is 1. The van der Waals surface area contributed by atoms with Crippen LogP contribution in [0.25, 0.3) is 0 Å². The second kappa shape index (κ2) is 10.2. The first-order valence-corrected chi connectivity index (χ1v) is 11.3. The summed E-state index contributed by atoms with van der Waals surface area (Å²) in [5.74, 6) is 1.85. The molecular formula is C24H31NO3S. The van der Waals surface area contributed by atoms with Gasteiger partial charge >= 0.3 is 5.97 Å². The highest BCUT2D eigenvalue weighted by Crippen LogP contribution is 2.34.